The van der Waals surface area contributed by atoms with Crippen molar-refractivity contribution in [2.24, 2.45) is 0 Å². The summed E-state index contributed by atoms with van der Waals surface area (Å²) >= 11 is 0. The molecule has 5 heteroatoms. The Balaban J connectivity index is 1.61. The van der Waals surface area contributed by atoms with E-state index in [0.717, 1.165) is 39.3 Å². The lowest BCUT2D eigenvalue weighted by Crippen LogP contribution is -2.26. The zero-order valence-electron chi connectivity index (χ0n) is 16.6. The number of furan rings is 1. The highest BCUT2D eigenvalue weighted by Crippen LogP contribution is 2.43. The molecule has 1 aromatic heterocycles. The van der Waals surface area contributed by atoms with Crippen LogP contribution in [-0.2, 0) is 23.1 Å². The van der Waals surface area contributed by atoms with Crippen LogP contribution in [0.2, 0.25) is 0 Å². The first-order chi connectivity index (χ1) is 14.5. The molecule has 3 aromatic carbocycles. The first-order valence-electron chi connectivity index (χ1n) is 9.86. The monoisotopic (exact) mass is 415 g/mol. The largest absolute Gasteiger partial charge is 0.455 e. The van der Waals surface area contributed by atoms with Crippen molar-refractivity contribution in [1.82, 2.24) is 4.31 Å². The van der Waals surface area contributed by atoms with Gasteiger partial charge in [-0.3, -0.25) is 0 Å². The summed E-state index contributed by atoms with van der Waals surface area (Å²) in [5, 5.41) is 0. The van der Waals surface area contributed by atoms with Crippen molar-refractivity contribution in [3.8, 4) is 22.6 Å². The van der Waals surface area contributed by atoms with Crippen molar-refractivity contribution >= 4 is 10.0 Å². The van der Waals surface area contributed by atoms with E-state index in [0.29, 0.717) is 18.0 Å². The second-order valence-corrected chi connectivity index (χ2v) is 9.47. The molecule has 5 rings (SSSR count). The van der Waals surface area contributed by atoms with Crippen LogP contribution in [-0.4, -0.2) is 12.7 Å². The van der Waals surface area contributed by atoms with Gasteiger partial charge >= 0.3 is 0 Å². The van der Waals surface area contributed by atoms with E-state index in [9.17, 15) is 8.42 Å². The minimum atomic E-state index is -3.60. The molecular weight excluding hydrogens is 394 g/mol. The first-order valence-corrected chi connectivity index (χ1v) is 11.3. The maximum atomic E-state index is 13.3. The van der Waals surface area contributed by atoms with Gasteiger partial charge in [-0.15, -0.1) is 0 Å². The average Bonchev–Trinajstić information content (AvgIpc) is 3.35. The number of rotatable bonds is 4. The summed E-state index contributed by atoms with van der Waals surface area (Å²) in [6.07, 6.45) is 0. The van der Waals surface area contributed by atoms with Gasteiger partial charge in [-0.1, -0.05) is 78.4 Å². The Morgan fingerprint density at radius 3 is 1.63 bits per heavy atom. The van der Waals surface area contributed by atoms with Gasteiger partial charge < -0.3 is 4.42 Å². The van der Waals surface area contributed by atoms with Crippen LogP contribution in [0.4, 0.5) is 0 Å². The lowest BCUT2D eigenvalue weighted by molar-refractivity contribution is 0.424. The summed E-state index contributed by atoms with van der Waals surface area (Å²) in [6.45, 7) is 2.54. The molecule has 0 unspecified atom stereocenters. The van der Waals surface area contributed by atoms with Crippen LogP contribution in [0.25, 0.3) is 22.6 Å². The van der Waals surface area contributed by atoms with E-state index in [1.165, 1.54) is 4.31 Å². The number of nitrogens with zero attached hydrogens (tertiary/aromatic N) is 1. The topological polar surface area (TPSA) is 50.5 Å². The van der Waals surface area contributed by atoms with E-state index < -0.39 is 10.0 Å². The zero-order chi connectivity index (χ0) is 20.7. The molecule has 4 aromatic rings. The maximum Gasteiger partial charge on any atom is 0.243 e. The van der Waals surface area contributed by atoms with Gasteiger partial charge in [-0.25, -0.2) is 8.42 Å². The average molecular weight is 416 g/mol. The van der Waals surface area contributed by atoms with Crippen molar-refractivity contribution in [3.63, 3.8) is 0 Å². The van der Waals surface area contributed by atoms with Gasteiger partial charge in [0.1, 0.15) is 11.5 Å². The Labute approximate surface area is 176 Å². The van der Waals surface area contributed by atoms with Crippen molar-refractivity contribution in [2.45, 2.75) is 24.9 Å². The molecule has 0 radical (unpaired) electrons. The fourth-order valence-corrected chi connectivity index (χ4v) is 5.29. The van der Waals surface area contributed by atoms with Crippen molar-refractivity contribution in [1.29, 1.82) is 0 Å². The predicted molar refractivity (Wildman–Crippen MR) is 117 cm³/mol. The Bertz CT molecular complexity index is 1230. The zero-order valence-corrected chi connectivity index (χ0v) is 17.4. The van der Waals surface area contributed by atoms with Crippen molar-refractivity contribution < 1.29 is 12.8 Å². The SMILES string of the molecule is Cc1ccc(S(=O)(=O)N2Cc3c(-c4ccccc4)oc(-c4ccccc4)c3C2)cc1. The van der Waals surface area contributed by atoms with Gasteiger partial charge in [0.25, 0.3) is 0 Å². The molecule has 0 fully saturated rings. The highest BCUT2D eigenvalue weighted by Gasteiger charge is 2.36. The molecule has 150 valence electrons. The molecule has 1 aliphatic heterocycles. The normalized spacial score (nSPS) is 14.0. The number of sulfonamides is 1. The van der Waals surface area contributed by atoms with Gasteiger partial charge in [-0.05, 0) is 19.1 Å². The third kappa shape index (κ3) is 3.16. The second kappa shape index (κ2) is 7.27. The van der Waals surface area contributed by atoms with Crippen LogP contribution in [0.5, 0.6) is 0 Å². The van der Waals surface area contributed by atoms with E-state index in [1.807, 2.05) is 79.7 Å². The quantitative estimate of drug-likeness (QED) is 0.434. The van der Waals surface area contributed by atoms with Gasteiger partial charge in [0.15, 0.2) is 0 Å². The van der Waals surface area contributed by atoms with Crippen LogP contribution < -0.4 is 0 Å². The smallest absolute Gasteiger partial charge is 0.243 e. The highest BCUT2D eigenvalue weighted by atomic mass is 32.2. The van der Waals surface area contributed by atoms with Crippen LogP contribution in [0.1, 0.15) is 16.7 Å². The second-order valence-electron chi connectivity index (χ2n) is 7.54. The fourth-order valence-electron chi connectivity index (χ4n) is 3.92. The number of aryl methyl sites for hydroxylation is 1. The molecular formula is C25H21NO3S. The van der Waals surface area contributed by atoms with Crippen LogP contribution in [0.3, 0.4) is 0 Å². The lowest BCUT2D eigenvalue weighted by Gasteiger charge is -2.17. The predicted octanol–water partition coefficient (Wildman–Crippen LogP) is 5.63. The summed E-state index contributed by atoms with van der Waals surface area (Å²) < 4.78 is 34.5. The minimum Gasteiger partial charge on any atom is -0.455 e. The van der Waals surface area contributed by atoms with Gasteiger partial charge in [-0.2, -0.15) is 4.31 Å². The minimum absolute atomic E-state index is 0.298. The molecule has 30 heavy (non-hydrogen) atoms. The Hall–Kier alpha value is -3.15. The van der Waals surface area contributed by atoms with Gasteiger partial charge in [0, 0.05) is 35.3 Å². The Morgan fingerprint density at radius 1 is 0.700 bits per heavy atom. The summed E-state index contributed by atoms with van der Waals surface area (Å²) in [4.78, 5) is 0.317. The molecule has 0 saturated heterocycles. The van der Waals surface area contributed by atoms with E-state index >= 15 is 0 Å². The van der Waals surface area contributed by atoms with Crippen molar-refractivity contribution in [2.75, 3.05) is 0 Å². The number of fused-ring (bicyclic) bond motifs is 1. The molecule has 4 nitrogen and oxygen atoms in total. The van der Waals surface area contributed by atoms with E-state index in [1.54, 1.807) is 12.1 Å². The maximum absolute atomic E-state index is 13.3. The van der Waals surface area contributed by atoms with Crippen molar-refractivity contribution in [3.05, 3.63) is 102 Å². The van der Waals surface area contributed by atoms with Crippen LogP contribution >= 0.6 is 0 Å². The molecule has 0 atom stereocenters. The molecule has 2 heterocycles. The van der Waals surface area contributed by atoms with E-state index in [-0.39, 0.29) is 0 Å². The molecule has 0 bridgehead atoms. The fraction of sp³-hybridized carbons (Fsp3) is 0.120. The number of hydrogen-bond acceptors (Lipinski definition) is 3. The summed E-state index contributed by atoms with van der Waals surface area (Å²) in [7, 11) is -3.60. The van der Waals surface area contributed by atoms with Crippen LogP contribution in [0, 0.1) is 6.92 Å². The standard InChI is InChI=1S/C25H21NO3S/c1-18-12-14-21(15-13-18)30(27,28)26-16-22-23(17-26)25(20-10-6-3-7-11-20)29-24(22)19-8-4-2-5-9-19/h2-15H,16-17H2,1H3. The molecule has 0 saturated carbocycles. The van der Waals surface area contributed by atoms with E-state index in [2.05, 4.69) is 0 Å². The summed E-state index contributed by atoms with van der Waals surface area (Å²) in [5.41, 5.74) is 4.81. The van der Waals surface area contributed by atoms with Crippen LogP contribution in [0.15, 0.2) is 94.2 Å². The Morgan fingerprint density at radius 2 is 1.17 bits per heavy atom. The third-order valence-electron chi connectivity index (χ3n) is 5.52. The van der Waals surface area contributed by atoms with E-state index in [4.69, 9.17) is 4.42 Å². The summed E-state index contributed by atoms with van der Waals surface area (Å²) in [5.74, 6) is 1.48. The van der Waals surface area contributed by atoms with Gasteiger partial charge in [0.2, 0.25) is 10.0 Å². The lowest BCUT2D eigenvalue weighted by atomic mass is 10.0. The molecule has 0 amide bonds. The third-order valence-corrected chi connectivity index (χ3v) is 7.32. The first kappa shape index (κ1) is 18.9. The molecule has 0 spiro atoms. The van der Waals surface area contributed by atoms with Gasteiger partial charge in [0.05, 0.1) is 4.90 Å². The molecule has 0 N–H and O–H groups in total. The highest BCUT2D eigenvalue weighted by molar-refractivity contribution is 7.89. The summed E-state index contributed by atoms with van der Waals surface area (Å²) in [6, 6.07) is 26.7. The number of benzene rings is 3. The molecule has 1 aliphatic rings. The number of hydrogen-bond donors (Lipinski definition) is 0. The Kier molecular flexibility index (Phi) is 4.57. The molecule has 0 aliphatic carbocycles.